The molecule has 2 atom stereocenters. The highest BCUT2D eigenvalue weighted by Gasteiger charge is 2.41. The van der Waals surface area contributed by atoms with E-state index in [4.69, 9.17) is 17.0 Å². The van der Waals surface area contributed by atoms with Crippen LogP contribution in [0.4, 0.5) is 4.39 Å². The molecule has 1 N–H and O–H groups in total. The minimum absolute atomic E-state index is 0.105. The van der Waals surface area contributed by atoms with E-state index in [9.17, 15) is 4.39 Å². The van der Waals surface area contributed by atoms with Crippen molar-refractivity contribution in [1.29, 1.82) is 0 Å². The SMILES string of the molecule is Fc1ccccc1-n1cccc1[C@@H]1[C@H](c2ccccn2)NC(=S)N1CCCN1CCOCC1. The molecule has 0 unspecified atom stereocenters. The van der Waals surface area contributed by atoms with Gasteiger partial charge < -0.3 is 19.5 Å². The summed E-state index contributed by atoms with van der Waals surface area (Å²) in [6, 6.07) is 16.6. The second-order valence-electron chi connectivity index (χ2n) is 8.38. The molecule has 0 spiro atoms. The van der Waals surface area contributed by atoms with Crippen LogP contribution in [0.1, 0.15) is 29.9 Å². The Morgan fingerprint density at radius 2 is 1.85 bits per heavy atom. The fourth-order valence-electron chi connectivity index (χ4n) is 4.76. The number of nitrogens with zero attached hydrogens (tertiary/aromatic N) is 4. The van der Waals surface area contributed by atoms with Crippen molar-refractivity contribution in [3.05, 3.63) is 84.2 Å². The molecular formula is C25H28FN5OS. The lowest BCUT2D eigenvalue weighted by Gasteiger charge is -2.31. The first-order valence-electron chi connectivity index (χ1n) is 11.4. The minimum atomic E-state index is -0.253. The predicted molar refractivity (Wildman–Crippen MR) is 130 cm³/mol. The van der Waals surface area contributed by atoms with Gasteiger partial charge in [-0.25, -0.2) is 4.39 Å². The van der Waals surface area contributed by atoms with Crippen LogP contribution in [0.5, 0.6) is 0 Å². The first-order valence-corrected chi connectivity index (χ1v) is 11.8. The van der Waals surface area contributed by atoms with E-state index < -0.39 is 0 Å². The van der Waals surface area contributed by atoms with Crippen molar-refractivity contribution in [3.63, 3.8) is 0 Å². The molecular weight excluding hydrogens is 437 g/mol. The molecule has 2 aromatic heterocycles. The standard InChI is InChI=1S/C25H28FN5OS/c26-19-7-1-2-9-21(19)30-13-5-10-22(30)24-23(20-8-3-4-11-27-20)28-25(33)31(24)14-6-12-29-15-17-32-18-16-29/h1-5,7-11,13,23-24H,6,12,14-18H2,(H,28,33)/t23-,24+/m0/s1. The van der Waals surface area contributed by atoms with E-state index in [0.717, 1.165) is 57.2 Å². The highest BCUT2D eigenvalue weighted by Crippen LogP contribution is 2.39. The summed E-state index contributed by atoms with van der Waals surface area (Å²) in [4.78, 5) is 9.28. The number of ether oxygens (including phenoxy) is 1. The second kappa shape index (κ2) is 9.99. The molecule has 4 heterocycles. The van der Waals surface area contributed by atoms with Gasteiger partial charge in [0.2, 0.25) is 0 Å². The van der Waals surface area contributed by atoms with Crippen molar-refractivity contribution in [3.8, 4) is 5.69 Å². The van der Waals surface area contributed by atoms with E-state index in [0.29, 0.717) is 10.8 Å². The molecule has 3 aromatic rings. The third-order valence-corrected chi connectivity index (χ3v) is 6.72. The first kappa shape index (κ1) is 22.0. The fraction of sp³-hybridized carbons (Fsp3) is 0.360. The smallest absolute Gasteiger partial charge is 0.170 e. The zero-order chi connectivity index (χ0) is 22.6. The van der Waals surface area contributed by atoms with Gasteiger partial charge in [-0.2, -0.15) is 0 Å². The lowest BCUT2D eigenvalue weighted by Crippen LogP contribution is -2.39. The van der Waals surface area contributed by atoms with E-state index in [2.05, 4.69) is 26.2 Å². The molecule has 2 aliphatic heterocycles. The number of aromatic nitrogens is 2. The van der Waals surface area contributed by atoms with Gasteiger partial charge in [0.25, 0.3) is 0 Å². The van der Waals surface area contributed by atoms with Crippen LogP contribution in [-0.2, 0) is 4.74 Å². The first-order chi connectivity index (χ1) is 16.2. The highest BCUT2D eigenvalue weighted by atomic mass is 32.1. The number of para-hydroxylation sites is 1. The number of hydrogen-bond acceptors (Lipinski definition) is 4. The van der Waals surface area contributed by atoms with E-state index in [-0.39, 0.29) is 17.9 Å². The number of halogens is 1. The normalized spacial score (nSPS) is 21.4. The molecule has 33 heavy (non-hydrogen) atoms. The topological polar surface area (TPSA) is 45.6 Å². The number of hydrogen-bond donors (Lipinski definition) is 1. The van der Waals surface area contributed by atoms with Crippen LogP contribution >= 0.6 is 12.2 Å². The minimum Gasteiger partial charge on any atom is -0.379 e. The van der Waals surface area contributed by atoms with Gasteiger partial charge in [-0.05, 0) is 55.0 Å². The molecule has 5 rings (SSSR count). The monoisotopic (exact) mass is 465 g/mol. The Morgan fingerprint density at radius 1 is 1.03 bits per heavy atom. The van der Waals surface area contributed by atoms with Crippen molar-refractivity contribution in [1.82, 2.24) is 24.7 Å². The van der Waals surface area contributed by atoms with Crippen LogP contribution in [0.15, 0.2) is 67.0 Å². The average molecular weight is 466 g/mol. The Bertz CT molecular complexity index is 1090. The maximum Gasteiger partial charge on any atom is 0.170 e. The van der Waals surface area contributed by atoms with E-state index in [1.165, 1.54) is 6.07 Å². The molecule has 2 saturated heterocycles. The van der Waals surface area contributed by atoms with Crippen molar-refractivity contribution < 1.29 is 9.13 Å². The summed E-state index contributed by atoms with van der Waals surface area (Å²) in [6.07, 6.45) is 4.69. The van der Waals surface area contributed by atoms with Gasteiger partial charge in [-0.15, -0.1) is 0 Å². The van der Waals surface area contributed by atoms with Crippen LogP contribution in [0.25, 0.3) is 5.69 Å². The van der Waals surface area contributed by atoms with Gasteiger partial charge in [-0.3, -0.25) is 9.88 Å². The number of rotatable bonds is 7. The van der Waals surface area contributed by atoms with Crippen LogP contribution in [0, 0.1) is 5.82 Å². The zero-order valence-corrected chi connectivity index (χ0v) is 19.3. The molecule has 6 nitrogen and oxygen atoms in total. The third kappa shape index (κ3) is 4.64. The summed E-state index contributed by atoms with van der Waals surface area (Å²) in [5.74, 6) is -0.253. The van der Waals surface area contributed by atoms with Crippen LogP contribution in [0.3, 0.4) is 0 Å². The largest absolute Gasteiger partial charge is 0.379 e. The summed E-state index contributed by atoms with van der Waals surface area (Å²) >= 11 is 5.79. The second-order valence-corrected chi connectivity index (χ2v) is 8.77. The number of nitrogens with one attached hydrogen (secondary N) is 1. The van der Waals surface area contributed by atoms with Gasteiger partial charge in [0.15, 0.2) is 5.11 Å². The molecule has 0 amide bonds. The molecule has 1 aromatic carbocycles. The van der Waals surface area contributed by atoms with Crippen LogP contribution < -0.4 is 5.32 Å². The number of thiocarbonyl (C=S) groups is 1. The lowest BCUT2D eigenvalue weighted by molar-refractivity contribution is 0.0365. The van der Waals surface area contributed by atoms with Gasteiger partial charge in [0, 0.05) is 44.3 Å². The van der Waals surface area contributed by atoms with Crippen molar-refractivity contribution in [2.45, 2.75) is 18.5 Å². The Morgan fingerprint density at radius 3 is 2.64 bits per heavy atom. The summed E-state index contributed by atoms with van der Waals surface area (Å²) in [5, 5.41) is 4.20. The Labute approximate surface area is 199 Å². The molecule has 2 aliphatic rings. The Balaban J connectivity index is 1.45. The third-order valence-electron chi connectivity index (χ3n) is 6.37. The maximum atomic E-state index is 14.7. The van der Waals surface area contributed by atoms with E-state index >= 15 is 0 Å². The quantitative estimate of drug-likeness (QED) is 0.537. The number of benzene rings is 1. The van der Waals surface area contributed by atoms with Crippen molar-refractivity contribution in [2.75, 3.05) is 39.4 Å². The van der Waals surface area contributed by atoms with Crippen molar-refractivity contribution >= 4 is 17.3 Å². The van der Waals surface area contributed by atoms with Crippen molar-refractivity contribution in [2.24, 2.45) is 0 Å². The Hall–Kier alpha value is -2.81. The van der Waals surface area contributed by atoms with E-state index in [1.54, 1.807) is 18.3 Å². The fourth-order valence-corrected chi connectivity index (χ4v) is 5.09. The van der Waals surface area contributed by atoms with Gasteiger partial charge in [0.1, 0.15) is 5.82 Å². The summed E-state index contributed by atoms with van der Waals surface area (Å²) in [7, 11) is 0. The Kier molecular flexibility index (Phi) is 6.66. The zero-order valence-electron chi connectivity index (χ0n) is 18.4. The average Bonchev–Trinajstić information content (AvgIpc) is 3.45. The maximum absolute atomic E-state index is 14.7. The van der Waals surface area contributed by atoms with Gasteiger partial charge in [-0.1, -0.05) is 18.2 Å². The lowest BCUT2D eigenvalue weighted by atomic mass is 10.0. The summed E-state index contributed by atoms with van der Waals surface area (Å²) in [5.41, 5.74) is 2.43. The predicted octanol–water partition coefficient (Wildman–Crippen LogP) is 3.71. The molecule has 2 fully saturated rings. The molecule has 8 heteroatoms. The molecule has 172 valence electrons. The molecule has 0 saturated carbocycles. The van der Waals surface area contributed by atoms with Crippen LogP contribution in [-0.4, -0.2) is 63.9 Å². The number of pyridine rings is 1. The molecule has 0 aliphatic carbocycles. The molecule has 0 radical (unpaired) electrons. The molecule has 0 bridgehead atoms. The highest BCUT2D eigenvalue weighted by molar-refractivity contribution is 7.80. The van der Waals surface area contributed by atoms with Crippen LogP contribution in [0.2, 0.25) is 0 Å². The van der Waals surface area contributed by atoms with E-state index in [1.807, 2.05) is 41.1 Å². The summed E-state index contributed by atoms with van der Waals surface area (Å²) < 4.78 is 22.1. The number of morpholine rings is 1. The van der Waals surface area contributed by atoms with Gasteiger partial charge >= 0.3 is 0 Å². The summed E-state index contributed by atoms with van der Waals surface area (Å²) in [6.45, 7) is 5.34. The van der Waals surface area contributed by atoms with Gasteiger partial charge in [0.05, 0.1) is 36.7 Å².